The number of halogens is 4. The lowest BCUT2D eigenvalue weighted by Gasteiger charge is -2.17. The molecule has 0 amide bonds. The van der Waals surface area contributed by atoms with E-state index < -0.39 is 24.3 Å². The van der Waals surface area contributed by atoms with Gasteiger partial charge in [-0.05, 0) is 12.2 Å². The molecule has 0 saturated heterocycles. The highest BCUT2D eigenvalue weighted by molar-refractivity contribution is 5.34. The first kappa shape index (κ1) is 8.30. The van der Waals surface area contributed by atoms with E-state index >= 15 is 0 Å². The molecule has 0 saturated carbocycles. The molecular formula is C7H5F4. The molecule has 1 radical (unpaired) electrons. The van der Waals surface area contributed by atoms with E-state index in [0.717, 1.165) is 18.2 Å². The van der Waals surface area contributed by atoms with Crippen LogP contribution in [0.25, 0.3) is 0 Å². The molecule has 1 unspecified atom stereocenters. The van der Waals surface area contributed by atoms with Crippen molar-refractivity contribution in [1.29, 1.82) is 0 Å². The lowest BCUT2D eigenvalue weighted by molar-refractivity contribution is 0.136. The van der Waals surface area contributed by atoms with Gasteiger partial charge in [-0.1, -0.05) is 6.08 Å². The fourth-order valence-corrected chi connectivity index (χ4v) is 0.794. The van der Waals surface area contributed by atoms with Crippen molar-refractivity contribution in [3.8, 4) is 0 Å². The van der Waals surface area contributed by atoms with E-state index in [2.05, 4.69) is 0 Å². The van der Waals surface area contributed by atoms with Crippen LogP contribution in [-0.2, 0) is 0 Å². The second-order valence-electron chi connectivity index (χ2n) is 2.06. The molecule has 1 rings (SSSR count). The molecule has 0 aromatic carbocycles. The van der Waals surface area contributed by atoms with Gasteiger partial charge in [-0.3, -0.25) is 0 Å². The van der Waals surface area contributed by atoms with Crippen molar-refractivity contribution >= 4 is 0 Å². The quantitative estimate of drug-likeness (QED) is 0.524. The number of rotatable bonds is 1. The van der Waals surface area contributed by atoms with Crippen LogP contribution in [-0.4, -0.2) is 12.6 Å². The van der Waals surface area contributed by atoms with Gasteiger partial charge in [0.25, 0.3) is 6.43 Å². The smallest absolute Gasteiger partial charge is 0.242 e. The molecule has 11 heavy (non-hydrogen) atoms. The number of hydrogen-bond donors (Lipinski definition) is 0. The molecule has 0 N–H and O–H groups in total. The van der Waals surface area contributed by atoms with Crippen LogP contribution in [0, 0.1) is 5.92 Å². The molecule has 0 bridgehead atoms. The minimum atomic E-state index is -3.06. The zero-order valence-electron chi connectivity index (χ0n) is 5.40. The highest BCUT2D eigenvalue weighted by Crippen LogP contribution is 2.31. The fraction of sp³-hybridized carbons (Fsp3) is 0.286. The second-order valence-corrected chi connectivity index (χ2v) is 2.06. The van der Waals surface area contributed by atoms with E-state index in [0.29, 0.717) is 0 Å². The normalized spacial score (nSPS) is 25.9. The largest absolute Gasteiger partial charge is 0.254 e. The van der Waals surface area contributed by atoms with Gasteiger partial charge in [0, 0.05) is 0 Å². The monoisotopic (exact) mass is 165 g/mol. The van der Waals surface area contributed by atoms with Crippen molar-refractivity contribution in [2.45, 2.75) is 12.6 Å². The van der Waals surface area contributed by atoms with Crippen LogP contribution in [0.5, 0.6) is 0 Å². The summed E-state index contributed by atoms with van der Waals surface area (Å²) in [7, 11) is 0. The molecule has 0 fully saturated rings. The second kappa shape index (κ2) is 3.07. The van der Waals surface area contributed by atoms with Crippen molar-refractivity contribution < 1.29 is 17.6 Å². The van der Waals surface area contributed by atoms with Gasteiger partial charge in [-0.2, -0.15) is 0 Å². The summed E-state index contributed by atoms with van der Waals surface area (Å²) in [5, 5.41) is 0. The number of allylic oxidation sites excluding steroid dienone is 4. The Labute approximate surface area is 61.2 Å². The Morgan fingerprint density at radius 2 is 2.00 bits per heavy atom. The van der Waals surface area contributed by atoms with Crippen molar-refractivity contribution in [2.75, 3.05) is 0 Å². The third-order valence-corrected chi connectivity index (χ3v) is 1.33. The van der Waals surface area contributed by atoms with Gasteiger partial charge in [0.2, 0.25) is 0 Å². The number of hydrogen-bond acceptors (Lipinski definition) is 0. The van der Waals surface area contributed by atoms with Gasteiger partial charge in [0.15, 0.2) is 0 Å². The number of alkyl halides is 3. The van der Waals surface area contributed by atoms with Crippen LogP contribution < -0.4 is 0 Å². The summed E-state index contributed by atoms with van der Waals surface area (Å²) in [4.78, 5) is 0. The zero-order valence-corrected chi connectivity index (χ0v) is 5.40. The van der Waals surface area contributed by atoms with Crippen molar-refractivity contribution in [1.82, 2.24) is 0 Å². The van der Waals surface area contributed by atoms with Gasteiger partial charge in [0.1, 0.15) is 17.9 Å². The van der Waals surface area contributed by atoms with Gasteiger partial charge < -0.3 is 0 Å². The SMILES string of the molecule is FC1=CC=CC(F)[C]1C(F)F. The third-order valence-electron chi connectivity index (χ3n) is 1.33. The zero-order chi connectivity index (χ0) is 8.43. The summed E-state index contributed by atoms with van der Waals surface area (Å²) in [6.07, 6.45) is -2.28. The van der Waals surface area contributed by atoms with E-state index in [-0.39, 0.29) is 0 Å². The fourth-order valence-electron chi connectivity index (χ4n) is 0.794. The van der Waals surface area contributed by atoms with E-state index in [1.165, 1.54) is 0 Å². The Hall–Kier alpha value is -0.800. The Bertz CT molecular complexity index is 195. The third kappa shape index (κ3) is 1.61. The van der Waals surface area contributed by atoms with Gasteiger partial charge >= 0.3 is 0 Å². The predicted molar refractivity (Wildman–Crippen MR) is 32.5 cm³/mol. The molecule has 4 heteroatoms. The molecule has 0 aromatic rings. The molecular weight excluding hydrogens is 160 g/mol. The Morgan fingerprint density at radius 3 is 2.36 bits per heavy atom. The first-order valence-electron chi connectivity index (χ1n) is 2.96. The summed E-state index contributed by atoms with van der Waals surface area (Å²) >= 11 is 0. The molecule has 0 spiro atoms. The summed E-state index contributed by atoms with van der Waals surface area (Å²) in [5.74, 6) is -2.25. The first-order chi connectivity index (χ1) is 5.13. The van der Waals surface area contributed by atoms with E-state index in [1.54, 1.807) is 0 Å². The minimum absolute atomic E-state index is 0.817. The van der Waals surface area contributed by atoms with Gasteiger partial charge in [-0.25, -0.2) is 17.6 Å². The summed E-state index contributed by atoms with van der Waals surface area (Å²) < 4.78 is 48.5. The standard InChI is InChI=1S/C7H5F4/c8-4-2-1-3-5(9)6(4)7(10)11/h1-4,7H. The van der Waals surface area contributed by atoms with Crippen LogP contribution in [0.15, 0.2) is 24.1 Å². The highest BCUT2D eigenvalue weighted by Gasteiger charge is 2.34. The maximum Gasteiger partial charge on any atom is 0.254 e. The Balaban J connectivity index is 2.78. The molecule has 0 aliphatic heterocycles. The maximum absolute atomic E-state index is 12.5. The van der Waals surface area contributed by atoms with Gasteiger partial charge in [0.05, 0.1) is 0 Å². The molecule has 61 valence electrons. The van der Waals surface area contributed by atoms with E-state index in [4.69, 9.17) is 0 Å². The Kier molecular flexibility index (Phi) is 2.31. The average Bonchev–Trinajstić information content (AvgIpc) is 1.85. The van der Waals surface area contributed by atoms with Crippen molar-refractivity contribution in [3.63, 3.8) is 0 Å². The van der Waals surface area contributed by atoms with Crippen molar-refractivity contribution in [2.24, 2.45) is 0 Å². The molecule has 0 heterocycles. The van der Waals surface area contributed by atoms with Crippen LogP contribution in [0.3, 0.4) is 0 Å². The predicted octanol–water partition coefficient (Wildman–Crippen LogP) is 2.59. The molecule has 1 atom stereocenters. The van der Waals surface area contributed by atoms with Crippen molar-refractivity contribution in [3.05, 3.63) is 30.0 Å². The average molecular weight is 165 g/mol. The topological polar surface area (TPSA) is 0 Å². The van der Waals surface area contributed by atoms with Crippen LogP contribution >= 0.6 is 0 Å². The van der Waals surface area contributed by atoms with Gasteiger partial charge in [-0.15, -0.1) is 0 Å². The molecule has 1 aliphatic rings. The molecule has 1 aliphatic carbocycles. The van der Waals surface area contributed by atoms with E-state index in [1.807, 2.05) is 0 Å². The minimum Gasteiger partial charge on any atom is -0.242 e. The molecule has 0 aromatic heterocycles. The summed E-state index contributed by atoms with van der Waals surface area (Å²) in [5.41, 5.74) is 0. The highest BCUT2D eigenvalue weighted by atomic mass is 19.3. The maximum atomic E-state index is 12.5. The molecule has 0 nitrogen and oxygen atoms in total. The lowest BCUT2D eigenvalue weighted by Crippen LogP contribution is -2.21. The first-order valence-corrected chi connectivity index (χ1v) is 2.96. The lowest BCUT2D eigenvalue weighted by atomic mass is 9.98. The van der Waals surface area contributed by atoms with E-state index in [9.17, 15) is 17.6 Å². The van der Waals surface area contributed by atoms with Crippen LogP contribution in [0.2, 0.25) is 0 Å². The summed E-state index contributed by atoms with van der Waals surface area (Å²) in [6, 6.07) is 0. The summed E-state index contributed by atoms with van der Waals surface area (Å²) in [6.45, 7) is 0. The Morgan fingerprint density at radius 1 is 1.36 bits per heavy atom. The van der Waals surface area contributed by atoms with Crippen LogP contribution in [0.1, 0.15) is 0 Å². The van der Waals surface area contributed by atoms with Crippen LogP contribution in [0.4, 0.5) is 17.6 Å².